The van der Waals surface area contributed by atoms with Crippen LogP contribution >= 0.6 is 0 Å². The fourth-order valence-electron chi connectivity index (χ4n) is 2.24. The number of hydrogen-bond donors (Lipinski definition) is 2. The summed E-state index contributed by atoms with van der Waals surface area (Å²) >= 11 is 0. The Bertz CT molecular complexity index is 193. The quantitative estimate of drug-likeness (QED) is 0.695. The average Bonchev–Trinajstić information content (AvgIpc) is 2.71. The van der Waals surface area contributed by atoms with Crippen LogP contribution in [0, 0.1) is 5.92 Å². The van der Waals surface area contributed by atoms with Crippen LogP contribution in [0.15, 0.2) is 0 Å². The first-order valence-electron chi connectivity index (χ1n) is 6.24. The summed E-state index contributed by atoms with van der Waals surface area (Å²) in [5, 5.41) is 9.43. The van der Waals surface area contributed by atoms with Gasteiger partial charge in [-0.1, -0.05) is 13.8 Å². The highest BCUT2D eigenvalue weighted by molar-refractivity contribution is 4.84. The second-order valence-corrected chi connectivity index (χ2v) is 5.15. The average molecular weight is 230 g/mol. The van der Waals surface area contributed by atoms with E-state index >= 15 is 0 Å². The van der Waals surface area contributed by atoms with Crippen LogP contribution in [0.5, 0.6) is 0 Å². The molecule has 0 spiro atoms. The normalized spacial score (nSPS) is 25.3. The first-order valence-corrected chi connectivity index (χ1v) is 6.24. The predicted molar refractivity (Wildman–Crippen MR) is 65.3 cm³/mol. The van der Waals surface area contributed by atoms with Crippen molar-refractivity contribution in [2.75, 3.05) is 26.8 Å². The van der Waals surface area contributed by atoms with Crippen LogP contribution in [-0.4, -0.2) is 55.0 Å². The molecule has 0 bridgehead atoms. The molecule has 0 radical (unpaired) electrons. The fourth-order valence-corrected chi connectivity index (χ4v) is 2.24. The number of nitrogens with zero attached hydrogens (tertiary/aromatic N) is 1. The molecule has 0 aromatic heterocycles. The SMILES string of the molecule is CC(C)C(N)C(CO)N(C)CC1CCCO1. The molecule has 0 saturated carbocycles. The molecule has 3 unspecified atom stereocenters. The minimum Gasteiger partial charge on any atom is -0.395 e. The molecule has 1 aliphatic rings. The summed E-state index contributed by atoms with van der Waals surface area (Å²) in [6, 6.07) is 0.0422. The van der Waals surface area contributed by atoms with Crippen LogP contribution in [0.3, 0.4) is 0 Å². The third kappa shape index (κ3) is 3.70. The van der Waals surface area contributed by atoms with Crippen LogP contribution in [0.2, 0.25) is 0 Å². The van der Waals surface area contributed by atoms with E-state index in [1.807, 2.05) is 7.05 Å². The largest absolute Gasteiger partial charge is 0.395 e. The Labute approximate surface area is 98.8 Å². The van der Waals surface area contributed by atoms with Gasteiger partial charge in [-0.05, 0) is 25.8 Å². The van der Waals surface area contributed by atoms with E-state index in [2.05, 4.69) is 18.7 Å². The first kappa shape index (κ1) is 13.9. The Morgan fingerprint density at radius 2 is 2.19 bits per heavy atom. The van der Waals surface area contributed by atoms with Gasteiger partial charge in [-0.3, -0.25) is 4.90 Å². The van der Waals surface area contributed by atoms with E-state index in [0.29, 0.717) is 12.0 Å². The van der Waals surface area contributed by atoms with Crippen molar-refractivity contribution in [1.29, 1.82) is 0 Å². The monoisotopic (exact) mass is 230 g/mol. The maximum Gasteiger partial charge on any atom is 0.0702 e. The molecule has 0 aromatic carbocycles. The highest BCUT2D eigenvalue weighted by Crippen LogP contribution is 2.16. The third-order valence-corrected chi connectivity index (χ3v) is 3.48. The summed E-state index contributed by atoms with van der Waals surface area (Å²) in [4.78, 5) is 2.14. The molecule has 1 heterocycles. The zero-order valence-corrected chi connectivity index (χ0v) is 10.7. The number of likely N-dealkylation sites (N-methyl/N-ethyl adjacent to an activating group) is 1. The van der Waals surface area contributed by atoms with Crippen molar-refractivity contribution >= 4 is 0 Å². The van der Waals surface area contributed by atoms with Crippen molar-refractivity contribution in [2.24, 2.45) is 11.7 Å². The Balaban J connectivity index is 2.44. The van der Waals surface area contributed by atoms with E-state index in [0.717, 1.165) is 26.0 Å². The lowest BCUT2D eigenvalue weighted by atomic mass is 9.96. The third-order valence-electron chi connectivity index (χ3n) is 3.48. The van der Waals surface area contributed by atoms with Gasteiger partial charge in [0.2, 0.25) is 0 Å². The van der Waals surface area contributed by atoms with Gasteiger partial charge in [-0.25, -0.2) is 0 Å². The maximum absolute atomic E-state index is 9.43. The zero-order chi connectivity index (χ0) is 12.1. The summed E-state index contributed by atoms with van der Waals surface area (Å²) in [5.74, 6) is 0.379. The van der Waals surface area contributed by atoms with Crippen molar-refractivity contribution < 1.29 is 9.84 Å². The van der Waals surface area contributed by atoms with Crippen molar-refractivity contribution in [3.05, 3.63) is 0 Å². The van der Waals surface area contributed by atoms with Gasteiger partial charge < -0.3 is 15.6 Å². The van der Waals surface area contributed by atoms with Gasteiger partial charge in [0.05, 0.1) is 12.7 Å². The lowest BCUT2D eigenvalue weighted by Crippen LogP contribution is -2.52. The van der Waals surface area contributed by atoms with Crippen LogP contribution in [-0.2, 0) is 4.74 Å². The minimum absolute atomic E-state index is 0.0106. The van der Waals surface area contributed by atoms with E-state index in [1.165, 1.54) is 0 Å². The fraction of sp³-hybridized carbons (Fsp3) is 1.00. The smallest absolute Gasteiger partial charge is 0.0702 e. The summed E-state index contributed by atoms with van der Waals surface area (Å²) in [6.07, 6.45) is 2.59. The number of ether oxygens (including phenoxy) is 1. The molecule has 3 N–H and O–H groups in total. The Morgan fingerprint density at radius 3 is 2.62 bits per heavy atom. The number of aliphatic hydroxyl groups excluding tert-OH is 1. The van der Waals surface area contributed by atoms with Gasteiger partial charge in [0.25, 0.3) is 0 Å². The Morgan fingerprint density at radius 1 is 1.50 bits per heavy atom. The molecular formula is C12H26N2O2. The number of hydrogen-bond acceptors (Lipinski definition) is 4. The highest BCUT2D eigenvalue weighted by Gasteiger charge is 2.27. The van der Waals surface area contributed by atoms with E-state index in [-0.39, 0.29) is 18.7 Å². The Kier molecular flexibility index (Phi) is 5.69. The lowest BCUT2D eigenvalue weighted by molar-refractivity contribution is 0.0434. The van der Waals surface area contributed by atoms with Crippen LogP contribution in [0.1, 0.15) is 26.7 Å². The summed E-state index contributed by atoms with van der Waals surface area (Å²) in [5.41, 5.74) is 6.10. The number of aliphatic hydroxyl groups is 1. The van der Waals surface area contributed by atoms with Crippen molar-refractivity contribution in [1.82, 2.24) is 4.90 Å². The molecule has 1 rings (SSSR count). The van der Waals surface area contributed by atoms with Crippen molar-refractivity contribution in [2.45, 2.75) is 44.9 Å². The van der Waals surface area contributed by atoms with Crippen LogP contribution < -0.4 is 5.73 Å². The minimum atomic E-state index is 0.0106. The molecule has 0 aromatic rings. The molecule has 1 fully saturated rings. The van der Waals surface area contributed by atoms with Gasteiger partial charge >= 0.3 is 0 Å². The molecule has 4 nitrogen and oxygen atoms in total. The molecule has 3 atom stereocenters. The van der Waals surface area contributed by atoms with Crippen molar-refractivity contribution in [3.8, 4) is 0 Å². The molecule has 16 heavy (non-hydrogen) atoms. The Hall–Kier alpha value is -0.160. The van der Waals surface area contributed by atoms with E-state index < -0.39 is 0 Å². The maximum atomic E-state index is 9.43. The molecule has 1 aliphatic heterocycles. The van der Waals surface area contributed by atoms with Gasteiger partial charge in [0.1, 0.15) is 0 Å². The highest BCUT2D eigenvalue weighted by atomic mass is 16.5. The van der Waals surface area contributed by atoms with Crippen LogP contribution in [0.25, 0.3) is 0 Å². The molecular weight excluding hydrogens is 204 g/mol. The molecule has 4 heteroatoms. The molecule has 0 aliphatic carbocycles. The zero-order valence-electron chi connectivity index (χ0n) is 10.7. The standard InChI is InChI=1S/C12H26N2O2/c1-9(2)12(13)11(8-15)14(3)7-10-5-4-6-16-10/h9-12,15H,4-8,13H2,1-3H3. The van der Waals surface area contributed by atoms with Gasteiger partial charge in [-0.15, -0.1) is 0 Å². The predicted octanol–water partition coefficient (Wildman–Crippen LogP) is 0.441. The summed E-state index contributed by atoms with van der Waals surface area (Å²) in [6.45, 7) is 6.03. The van der Waals surface area contributed by atoms with Crippen LogP contribution in [0.4, 0.5) is 0 Å². The topological polar surface area (TPSA) is 58.7 Å². The summed E-state index contributed by atoms with van der Waals surface area (Å²) < 4.78 is 5.59. The molecule has 0 amide bonds. The number of nitrogens with two attached hydrogens (primary N) is 1. The first-order chi connectivity index (χ1) is 7.56. The lowest BCUT2D eigenvalue weighted by Gasteiger charge is -2.34. The summed E-state index contributed by atoms with van der Waals surface area (Å²) in [7, 11) is 2.02. The second kappa shape index (κ2) is 6.55. The molecule has 1 saturated heterocycles. The van der Waals surface area contributed by atoms with E-state index in [1.54, 1.807) is 0 Å². The number of rotatable bonds is 6. The van der Waals surface area contributed by atoms with E-state index in [9.17, 15) is 5.11 Å². The van der Waals surface area contributed by atoms with E-state index in [4.69, 9.17) is 10.5 Å². The van der Waals surface area contributed by atoms with Gasteiger partial charge in [-0.2, -0.15) is 0 Å². The molecule has 96 valence electrons. The van der Waals surface area contributed by atoms with Gasteiger partial charge in [0, 0.05) is 25.2 Å². The second-order valence-electron chi connectivity index (χ2n) is 5.15. The van der Waals surface area contributed by atoms with Crippen molar-refractivity contribution in [3.63, 3.8) is 0 Å². The van der Waals surface area contributed by atoms with Gasteiger partial charge in [0.15, 0.2) is 0 Å².